The molecule has 98 valence electrons. The Bertz CT molecular complexity index is 357. The molecule has 0 aromatic carbocycles. The lowest BCUT2D eigenvalue weighted by Gasteiger charge is -2.31. The lowest BCUT2D eigenvalue weighted by atomic mass is 9.85. The predicted molar refractivity (Wildman–Crippen MR) is 73.1 cm³/mol. The lowest BCUT2D eigenvalue weighted by molar-refractivity contribution is 0.178. The topological polar surface area (TPSA) is 39.1 Å². The Morgan fingerprint density at radius 1 is 1.53 bits per heavy atom. The number of methoxy groups -OCH3 is 1. The molecule has 0 saturated heterocycles. The van der Waals surface area contributed by atoms with Crippen LogP contribution in [0.2, 0.25) is 0 Å². The first-order valence-electron chi connectivity index (χ1n) is 5.79. The molecule has 0 radical (unpaired) electrons. The van der Waals surface area contributed by atoms with Crippen molar-refractivity contribution in [2.45, 2.75) is 33.4 Å². The van der Waals surface area contributed by atoms with Gasteiger partial charge in [-0.15, -0.1) is 0 Å². The quantitative estimate of drug-likeness (QED) is 0.909. The van der Waals surface area contributed by atoms with Crippen LogP contribution in [0.25, 0.3) is 0 Å². The Labute approximate surface area is 112 Å². The number of nitrogens with one attached hydrogen (secondary N) is 1. The molecule has 5 heteroatoms. The molecule has 1 unspecified atom stereocenters. The van der Waals surface area contributed by atoms with Crippen molar-refractivity contribution >= 4 is 15.9 Å². The molecule has 0 fully saturated rings. The SMILES string of the molecule is CNC(c1c(Br)cnn1CCOC)C(C)(C)C. The van der Waals surface area contributed by atoms with Crippen LogP contribution >= 0.6 is 15.9 Å². The summed E-state index contributed by atoms with van der Waals surface area (Å²) in [6.07, 6.45) is 1.85. The number of halogens is 1. The number of rotatable bonds is 5. The van der Waals surface area contributed by atoms with Crippen molar-refractivity contribution in [3.05, 3.63) is 16.4 Å². The summed E-state index contributed by atoms with van der Waals surface area (Å²) in [6.45, 7) is 8.09. The fraction of sp³-hybridized carbons (Fsp3) is 0.750. The maximum Gasteiger partial charge on any atom is 0.0701 e. The van der Waals surface area contributed by atoms with Crippen molar-refractivity contribution in [1.82, 2.24) is 15.1 Å². The third-order valence-corrected chi connectivity index (χ3v) is 3.38. The van der Waals surface area contributed by atoms with Gasteiger partial charge in [0.1, 0.15) is 0 Å². The fourth-order valence-electron chi connectivity index (χ4n) is 1.99. The summed E-state index contributed by atoms with van der Waals surface area (Å²) in [5.74, 6) is 0. The largest absolute Gasteiger partial charge is 0.383 e. The van der Waals surface area contributed by atoms with E-state index in [0.717, 1.165) is 11.0 Å². The Morgan fingerprint density at radius 2 is 2.18 bits per heavy atom. The second kappa shape index (κ2) is 5.98. The van der Waals surface area contributed by atoms with Crippen molar-refractivity contribution in [2.24, 2.45) is 5.41 Å². The van der Waals surface area contributed by atoms with Crippen LogP contribution in [0.3, 0.4) is 0 Å². The third-order valence-electron chi connectivity index (χ3n) is 2.77. The second-order valence-electron chi connectivity index (χ2n) is 5.18. The van der Waals surface area contributed by atoms with Crippen LogP contribution < -0.4 is 5.32 Å². The van der Waals surface area contributed by atoms with Gasteiger partial charge in [0.25, 0.3) is 0 Å². The first-order valence-corrected chi connectivity index (χ1v) is 6.58. The molecule has 17 heavy (non-hydrogen) atoms. The Hall–Kier alpha value is -0.390. The molecule has 0 aliphatic heterocycles. The summed E-state index contributed by atoms with van der Waals surface area (Å²) in [6, 6.07) is 0.247. The molecule has 1 aromatic rings. The van der Waals surface area contributed by atoms with E-state index in [1.807, 2.05) is 17.9 Å². The molecule has 1 aromatic heterocycles. The minimum absolute atomic E-state index is 0.127. The summed E-state index contributed by atoms with van der Waals surface area (Å²) in [5.41, 5.74) is 1.30. The van der Waals surface area contributed by atoms with Crippen molar-refractivity contribution in [3.63, 3.8) is 0 Å². The minimum atomic E-state index is 0.127. The van der Waals surface area contributed by atoms with E-state index in [2.05, 4.69) is 47.1 Å². The maximum absolute atomic E-state index is 5.11. The molecule has 0 aliphatic rings. The van der Waals surface area contributed by atoms with Gasteiger partial charge >= 0.3 is 0 Å². The highest BCUT2D eigenvalue weighted by Crippen LogP contribution is 2.35. The molecule has 1 N–H and O–H groups in total. The highest BCUT2D eigenvalue weighted by atomic mass is 79.9. The molecular weight excluding hydrogens is 282 g/mol. The molecule has 4 nitrogen and oxygen atoms in total. The van der Waals surface area contributed by atoms with E-state index in [1.54, 1.807) is 7.11 Å². The Balaban J connectivity index is 3.05. The van der Waals surface area contributed by atoms with Crippen molar-refractivity contribution in [2.75, 3.05) is 20.8 Å². The van der Waals surface area contributed by atoms with Gasteiger partial charge in [0.2, 0.25) is 0 Å². The maximum atomic E-state index is 5.11. The smallest absolute Gasteiger partial charge is 0.0701 e. The molecule has 1 atom stereocenters. The number of ether oxygens (including phenoxy) is 1. The normalized spacial score (nSPS) is 14.0. The minimum Gasteiger partial charge on any atom is -0.383 e. The number of nitrogens with zero attached hydrogens (tertiary/aromatic N) is 2. The molecule has 0 saturated carbocycles. The van der Waals surface area contributed by atoms with Gasteiger partial charge in [-0.05, 0) is 28.4 Å². The summed E-state index contributed by atoms with van der Waals surface area (Å²) in [4.78, 5) is 0. The average Bonchev–Trinajstić information content (AvgIpc) is 2.57. The van der Waals surface area contributed by atoms with Crippen LogP contribution in [-0.4, -0.2) is 30.5 Å². The zero-order valence-electron chi connectivity index (χ0n) is 11.2. The highest BCUT2D eigenvalue weighted by molar-refractivity contribution is 9.10. The molecule has 1 rings (SSSR count). The highest BCUT2D eigenvalue weighted by Gasteiger charge is 2.29. The predicted octanol–water partition coefficient (Wildman–Crippen LogP) is 2.60. The van der Waals surface area contributed by atoms with E-state index in [9.17, 15) is 0 Å². The van der Waals surface area contributed by atoms with Gasteiger partial charge in [0.05, 0.1) is 35.6 Å². The summed E-state index contributed by atoms with van der Waals surface area (Å²) in [7, 11) is 3.69. The van der Waals surface area contributed by atoms with Gasteiger partial charge < -0.3 is 10.1 Å². The second-order valence-corrected chi connectivity index (χ2v) is 6.04. The van der Waals surface area contributed by atoms with Crippen LogP contribution in [0.5, 0.6) is 0 Å². The fourth-order valence-corrected chi connectivity index (χ4v) is 2.52. The monoisotopic (exact) mass is 303 g/mol. The van der Waals surface area contributed by atoms with E-state index in [1.165, 1.54) is 5.69 Å². The van der Waals surface area contributed by atoms with E-state index in [4.69, 9.17) is 4.74 Å². The van der Waals surface area contributed by atoms with Gasteiger partial charge in [-0.1, -0.05) is 20.8 Å². The van der Waals surface area contributed by atoms with Crippen LogP contribution in [0.4, 0.5) is 0 Å². The Morgan fingerprint density at radius 3 is 2.65 bits per heavy atom. The first kappa shape index (κ1) is 14.7. The van der Waals surface area contributed by atoms with Crippen molar-refractivity contribution in [1.29, 1.82) is 0 Å². The van der Waals surface area contributed by atoms with Gasteiger partial charge in [-0.2, -0.15) is 5.10 Å². The average molecular weight is 304 g/mol. The van der Waals surface area contributed by atoms with Gasteiger partial charge in [0.15, 0.2) is 0 Å². The van der Waals surface area contributed by atoms with Gasteiger partial charge in [-0.3, -0.25) is 4.68 Å². The third kappa shape index (κ3) is 3.53. The number of aromatic nitrogens is 2. The summed E-state index contributed by atoms with van der Waals surface area (Å²) in [5, 5.41) is 7.76. The summed E-state index contributed by atoms with van der Waals surface area (Å²) < 4.78 is 8.16. The summed E-state index contributed by atoms with van der Waals surface area (Å²) >= 11 is 3.58. The molecule has 0 amide bonds. The Kier molecular flexibility index (Phi) is 5.16. The van der Waals surface area contributed by atoms with Crippen LogP contribution in [-0.2, 0) is 11.3 Å². The van der Waals surface area contributed by atoms with Crippen LogP contribution in [0, 0.1) is 5.41 Å². The molecule has 0 spiro atoms. The standard InChI is InChI=1S/C12H22BrN3O/c1-12(2,3)11(14-4)10-9(13)8-15-16(10)6-7-17-5/h8,11,14H,6-7H2,1-5H3. The van der Waals surface area contributed by atoms with E-state index in [-0.39, 0.29) is 11.5 Å². The number of hydrogen-bond donors (Lipinski definition) is 1. The van der Waals surface area contributed by atoms with E-state index < -0.39 is 0 Å². The molecule has 0 bridgehead atoms. The van der Waals surface area contributed by atoms with Crippen molar-refractivity contribution < 1.29 is 4.74 Å². The van der Waals surface area contributed by atoms with Gasteiger partial charge in [0, 0.05) is 7.11 Å². The lowest BCUT2D eigenvalue weighted by Crippen LogP contribution is -2.32. The first-order chi connectivity index (χ1) is 7.91. The van der Waals surface area contributed by atoms with E-state index >= 15 is 0 Å². The zero-order chi connectivity index (χ0) is 13.1. The zero-order valence-corrected chi connectivity index (χ0v) is 12.8. The number of hydrogen-bond acceptors (Lipinski definition) is 3. The molecule has 1 heterocycles. The van der Waals surface area contributed by atoms with Crippen LogP contribution in [0.1, 0.15) is 32.5 Å². The van der Waals surface area contributed by atoms with E-state index in [0.29, 0.717) is 6.61 Å². The van der Waals surface area contributed by atoms with Gasteiger partial charge in [-0.25, -0.2) is 0 Å². The molecule has 0 aliphatic carbocycles. The van der Waals surface area contributed by atoms with Crippen LogP contribution in [0.15, 0.2) is 10.7 Å². The van der Waals surface area contributed by atoms with Crippen molar-refractivity contribution in [3.8, 4) is 0 Å². The molecular formula is C12H22BrN3O.